The first-order chi connectivity index (χ1) is 11.9. The zero-order valence-corrected chi connectivity index (χ0v) is 15.1. The number of carboxylic acids is 1. The molecule has 1 aromatic heterocycles. The normalized spacial score (nSPS) is 10.3. The van der Waals surface area contributed by atoms with E-state index in [0.717, 1.165) is 5.56 Å². The van der Waals surface area contributed by atoms with Crippen molar-refractivity contribution >= 4 is 33.7 Å². The fourth-order valence-electron chi connectivity index (χ4n) is 2.33. The van der Waals surface area contributed by atoms with Gasteiger partial charge in [0.15, 0.2) is 0 Å². The summed E-state index contributed by atoms with van der Waals surface area (Å²) in [5.41, 5.74) is 1.96. The molecule has 0 bridgehead atoms. The molecule has 25 heavy (non-hydrogen) atoms. The molecule has 8 heteroatoms. The van der Waals surface area contributed by atoms with Crippen molar-refractivity contribution in [2.45, 2.75) is 12.8 Å². The molecule has 0 fully saturated rings. The van der Waals surface area contributed by atoms with Gasteiger partial charge in [-0.05, 0) is 39.5 Å². The van der Waals surface area contributed by atoms with Gasteiger partial charge in [0.05, 0.1) is 13.5 Å². The Hall–Kier alpha value is -2.61. The van der Waals surface area contributed by atoms with Crippen LogP contribution in [0.1, 0.15) is 11.1 Å². The van der Waals surface area contributed by atoms with Gasteiger partial charge >= 0.3 is 12.1 Å². The van der Waals surface area contributed by atoms with Gasteiger partial charge in [0.1, 0.15) is 5.69 Å². The Morgan fingerprint density at radius 1 is 1.20 bits per heavy atom. The van der Waals surface area contributed by atoms with Gasteiger partial charge in [0.25, 0.3) is 0 Å². The number of ether oxygens (including phenoxy) is 1. The maximum Gasteiger partial charge on any atom is 0.411 e. The molecule has 2 N–H and O–H groups in total. The Balaban J connectivity index is 2.14. The van der Waals surface area contributed by atoms with Gasteiger partial charge in [-0.1, -0.05) is 24.3 Å². The van der Waals surface area contributed by atoms with Crippen LogP contribution in [0.4, 0.5) is 10.5 Å². The highest BCUT2D eigenvalue weighted by atomic mass is 79.9. The number of rotatable bonds is 7. The van der Waals surface area contributed by atoms with Crippen LogP contribution in [0.25, 0.3) is 0 Å². The average Bonchev–Trinajstić information content (AvgIpc) is 2.56. The van der Waals surface area contributed by atoms with E-state index in [1.165, 1.54) is 18.2 Å². The third kappa shape index (κ3) is 5.18. The second-order valence-electron chi connectivity index (χ2n) is 5.25. The van der Waals surface area contributed by atoms with Crippen LogP contribution in [0.5, 0.6) is 5.88 Å². The molecule has 0 saturated carbocycles. The number of hydrogen-bond donors (Lipinski definition) is 2. The van der Waals surface area contributed by atoms with Crippen molar-refractivity contribution in [3.05, 3.63) is 52.1 Å². The highest BCUT2D eigenvalue weighted by molar-refractivity contribution is 9.10. The highest BCUT2D eigenvalue weighted by Gasteiger charge is 2.20. The van der Waals surface area contributed by atoms with E-state index in [0.29, 0.717) is 22.1 Å². The molecule has 0 saturated heterocycles. The number of methoxy groups -OCH3 is 1. The van der Waals surface area contributed by atoms with Crippen molar-refractivity contribution in [2.75, 3.05) is 18.6 Å². The lowest BCUT2D eigenvalue weighted by Crippen LogP contribution is -2.31. The van der Waals surface area contributed by atoms with E-state index in [9.17, 15) is 14.7 Å². The zero-order chi connectivity index (χ0) is 18.4. The monoisotopic (exact) mass is 408 g/mol. The largest absolute Gasteiger partial charge is 0.481 e. The molecule has 2 rings (SSSR count). The number of aliphatic carboxylic acids is 1. The minimum Gasteiger partial charge on any atom is -0.481 e. The number of carbonyl (C=O) groups is 2. The molecule has 0 spiro atoms. The number of halogens is 1. The molecule has 0 radical (unpaired) electrons. The number of anilines is 1. The second-order valence-corrected chi connectivity index (χ2v) is 6.17. The first-order valence-corrected chi connectivity index (χ1v) is 8.19. The molecule has 0 aliphatic heterocycles. The molecule has 0 unspecified atom stereocenters. The molecule has 7 nitrogen and oxygen atoms in total. The molecule has 0 aliphatic rings. The molecular weight excluding hydrogens is 392 g/mol. The van der Waals surface area contributed by atoms with Crippen LogP contribution in [-0.2, 0) is 17.6 Å². The number of amides is 1. The number of nitrogens with zero attached hydrogens (tertiary/aromatic N) is 2. The van der Waals surface area contributed by atoms with Crippen LogP contribution in [-0.4, -0.2) is 40.9 Å². The Kier molecular flexibility index (Phi) is 6.35. The third-order valence-electron chi connectivity index (χ3n) is 3.52. The Morgan fingerprint density at radius 2 is 1.84 bits per heavy atom. The van der Waals surface area contributed by atoms with Crippen molar-refractivity contribution < 1.29 is 24.5 Å². The van der Waals surface area contributed by atoms with Crippen molar-refractivity contribution in [2.24, 2.45) is 0 Å². The molecule has 2 aromatic rings. The smallest absolute Gasteiger partial charge is 0.411 e. The third-order valence-corrected chi connectivity index (χ3v) is 3.95. The molecule has 1 aromatic carbocycles. The minimum atomic E-state index is -1.11. The standard InChI is InChI=1S/C17H17BrN2O5/c1-25-16-14(9-13(18)10-19-16)20(17(23)24)7-6-11-2-4-12(5-3-11)8-15(21)22/h2-5,9-10H,6-8H2,1H3,(H,21,22)(H,23,24). The van der Waals surface area contributed by atoms with E-state index in [1.54, 1.807) is 30.3 Å². The van der Waals surface area contributed by atoms with Gasteiger partial charge in [0, 0.05) is 17.2 Å². The SMILES string of the molecule is COc1ncc(Br)cc1N(CCc1ccc(CC(=O)O)cc1)C(=O)O. The van der Waals surface area contributed by atoms with Gasteiger partial charge in [-0.3, -0.25) is 9.69 Å². The summed E-state index contributed by atoms with van der Waals surface area (Å²) in [5, 5.41) is 18.3. The molecule has 132 valence electrons. The summed E-state index contributed by atoms with van der Waals surface area (Å²) in [7, 11) is 1.43. The number of hydrogen-bond acceptors (Lipinski definition) is 4. The molecule has 1 amide bonds. The van der Waals surface area contributed by atoms with Gasteiger partial charge in [0.2, 0.25) is 5.88 Å². The van der Waals surface area contributed by atoms with E-state index in [1.807, 2.05) is 0 Å². The van der Waals surface area contributed by atoms with E-state index < -0.39 is 12.1 Å². The number of pyridine rings is 1. The van der Waals surface area contributed by atoms with Gasteiger partial charge in [-0.25, -0.2) is 9.78 Å². The maximum absolute atomic E-state index is 11.6. The topological polar surface area (TPSA) is 100.0 Å². The van der Waals surface area contributed by atoms with Gasteiger partial charge in [-0.15, -0.1) is 0 Å². The average molecular weight is 409 g/mol. The predicted octanol–water partition coefficient (Wildman–Crippen LogP) is 3.21. The quantitative estimate of drug-likeness (QED) is 0.729. The van der Waals surface area contributed by atoms with Crippen molar-refractivity contribution in [3.63, 3.8) is 0 Å². The fraction of sp³-hybridized carbons (Fsp3) is 0.235. The Labute approximate surface area is 153 Å². The van der Waals surface area contributed by atoms with Crippen LogP contribution in [0.2, 0.25) is 0 Å². The maximum atomic E-state index is 11.6. The molecule has 0 aliphatic carbocycles. The van der Waals surface area contributed by atoms with Crippen molar-refractivity contribution in [3.8, 4) is 5.88 Å². The van der Waals surface area contributed by atoms with Crippen LogP contribution in [0.3, 0.4) is 0 Å². The van der Waals surface area contributed by atoms with E-state index >= 15 is 0 Å². The summed E-state index contributed by atoms with van der Waals surface area (Å²) in [6, 6.07) is 8.70. The predicted molar refractivity (Wildman–Crippen MR) is 95.3 cm³/mol. The van der Waals surface area contributed by atoms with Crippen molar-refractivity contribution in [1.82, 2.24) is 4.98 Å². The second kappa shape index (κ2) is 8.48. The zero-order valence-electron chi connectivity index (χ0n) is 13.5. The van der Waals surface area contributed by atoms with Crippen molar-refractivity contribution in [1.29, 1.82) is 0 Å². The van der Waals surface area contributed by atoms with Gasteiger partial charge < -0.3 is 14.9 Å². The fourth-order valence-corrected chi connectivity index (χ4v) is 2.64. The summed E-state index contributed by atoms with van der Waals surface area (Å²) in [5.74, 6) is -0.665. The van der Waals surface area contributed by atoms with Crippen LogP contribution >= 0.6 is 15.9 Å². The minimum absolute atomic E-state index is 0.0392. The lowest BCUT2D eigenvalue weighted by Gasteiger charge is -2.21. The summed E-state index contributed by atoms with van der Waals surface area (Å²) >= 11 is 3.28. The highest BCUT2D eigenvalue weighted by Crippen LogP contribution is 2.29. The molecular formula is C17H17BrN2O5. The summed E-state index contributed by atoms with van der Waals surface area (Å²) in [6.07, 6.45) is 0.849. The first kappa shape index (κ1) is 18.7. The van der Waals surface area contributed by atoms with Crippen LogP contribution in [0.15, 0.2) is 41.0 Å². The Morgan fingerprint density at radius 3 is 2.40 bits per heavy atom. The lowest BCUT2D eigenvalue weighted by atomic mass is 10.1. The first-order valence-electron chi connectivity index (χ1n) is 7.40. The number of benzene rings is 1. The van der Waals surface area contributed by atoms with E-state index in [-0.39, 0.29) is 18.8 Å². The molecule has 0 atom stereocenters. The summed E-state index contributed by atoms with van der Waals surface area (Å²) in [4.78, 5) is 27.6. The van der Waals surface area contributed by atoms with Crippen LogP contribution in [0, 0.1) is 0 Å². The van der Waals surface area contributed by atoms with Crippen LogP contribution < -0.4 is 9.64 Å². The molecule has 1 heterocycles. The summed E-state index contributed by atoms with van der Waals surface area (Å²) in [6.45, 7) is 0.210. The Bertz CT molecular complexity index is 764. The summed E-state index contributed by atoms with van der Waals surface area (Å²) < 4.78 is 5.79. The lowest BCUT2D eigenvalue weighted by molar-refractivity contribution is -0.136. The van der Waals surface area contributed by atoms with E-state index in [4.69, 9.17) is 9.84 Å². The number of carboxylic acid groups (broad SMARTS) is 2. The van der Waals surface area contributed by atoms with E-state index in [2.05, 4.69) is 20.9 Å². The number of aromatic nitrogens is 1. The van der Waals surface area contributed by atoms with Gasteiger partial charge in [-0.2, -0.15) is 0 Å².